The van der Waals surface area contributed by atoms with E-state index in [9.17, 15) is 13.5 Å². The fourth-order valence-corrected chi connectivity index (χ4v) is 3.44. The SMILES string of the molecule is CC[C@H]([C@@H](O)c1cccc(C)c1)S(=O)(=O)CC. The molecule has 0 unspecified atom stereocenters. The second kappa shape index (κ2) is 5.65. The highest BCUT2D eigenvalue weighted by molar-refractivity contribution is 7.92. The molecule has 17 heavy (non-hydrogen) atoms. The third-order valence-electron chi connectivity index (χ3n) is 3.00. The minimum Gasteiger partial charge on any atom is -0.387 e. The Morgan fingerprint density at radius 2 is 1.94 bits per heavy atom. The van der Waals surface area contributed by atoms with Crippen LogP contribution in [0.2, 0.25) is 0 Å². The van der Waals surface area contributed by atoms with Crippen molar-refractivity contribution in [1.82, 2.24) is 0 Å². The first-order valence-corrected chi connectivity index (χ1v) is 7.60. The maximum atomic E-state index is 11.9. The van der Waals surface area contributed by atoms with Gasteiger partial charge in [-0.05, 0) is 18.9 Å². The van der Waals surface area contributed by atoms with Crippen LogP contribution in [0.4, 0.5) is 0 Å². The number of aliphatic hydroxyl groups excluding tert-OH is 1. The lowest BCUT2D eigenvalue weighted by molar-refractivity contribution is 0.169. The van der Waals surface area contributed by atoms with Crippen LogP contribution in [0, 0.1) is 6.92 Å². The van der Waals surface area contributed by atoms with Gasteiger partial charge in [-0.1, -0.05) is 43.7 Å². The molecule has 0 saturated heterocycles. The molecule has 0 heterocycles. The van der Waals surface area contributed by atoms with Crippen LogP contribution in [0.5, 0.6) is 0 Å². The van der Waals surface area contributed by atoms with Gasteiger partial charge in [0.1, 0.15) is 0 Å². The molecular weight excluding hydrogens is 236 g/mol. The molecular formula is C13H20O3S. The van der Waals surface area contributed by atoms with Gasteiger partial charge in [0.15, 0.2) is 9.84 Å². The van der Waals surface area contributed by atoms with Crippen LogP contribution in [0.3, 0.4) is 0 Å². The highest BCUT2D eigenvalue weighted by Gasteiger charge is 2.30. The zero-order chi connectivity index (χ0) is 13.1. The van der Waals surface area contributed by atoms with Crippen LogP contribution in [0.1, 0.15) is 37.5 Å². The molecule has 0 aliphatic rings. The van der Waals surface area contributed by atoms with Gasteiger partial charge in [0.25, 0.3) is 0 Å². The molecule has 2 atom stereocenters. The van der Waals surface area contributed by atoms with E-state index in [2.05, 4.69) is 0 Å². The van der Waals surface area contributed by atoms with Gasteiger partial charge in [0.2, 0.25) is 0 Å². The quantitative estimate of drug-likeness (QED) is 0.879. The fourth-order valence-electron chi connectivity index (χ4n) is 1.96. The zero-order valence-corrected chi connectivity index (χ0v) is 11.4. The average molecular weight is 256 g/mol. The van der Waals surface area contributed by atoms with E-state index in [1.807, 2.05) is 25.1 Å². The van der Waals surface area contributed by atoms with Crippen LogP contribution < -0.4 is 0 Å². The van der Waals surface area contributed by atoms with Gasteiger partial charge in [-0.15, -0.1) is 0 Å². The highest BCUT2D eigenvalue weighted by atomic mass is 32.2. The van der Waals surface area contributed by atoms with Gasteiger partial charge in [-0.25, -0.2) is 8.42 Å². The molecule has 1 aromatic rings. The summed E-state index contributed by atoms with van der Waals surface area (Å²) in [6.07, 6.45) is -0.518. The van der Waals surface area contributed by atoms with E-state index < -0.39 is 21.2 Å². The van der Waals surface area contributed by atoms with Crippen molar-refractivity contribution < 1.29 is 13.5 Å². The Balaban J connectivity index is 3.06. The van der Waals surface area contributed by atoms with Crippen LogP contribution in [-0.4, -0.2) is 24.5 Å². The van der Waals surface area contributed by atoms with Crippen LogP contribution in [0.25, 0.3) is 0 Å². The summed E-state index contributed by atoms with van der Waals surface area (Å²) in [6, 6.07) is 7.36. The van der Waals surface area contributed by atoms with Crippen molar-refractivity contribution in [3.05, 3.63) is 35.4 Å². The molecule has 4 heteroatoms. The number of sulfone groups is 1. The Morgan fingerprint density at radius 1 is 1.29 bits per heavy atom. The molecule has 0 amide bonds. The van der Waals surface area contributed by atoms with Gasteiger partial charge < -0.3 is 5.11 Å². The molecule has 1 aromatic carbocycles. The first-order valence-electron chi connectivity index (χ1n) is 5.88. The molecule has 0 aromatic heterocycles. The van der Waals surface area contributed by atoms with Crippen molar-refractivity contribution in [2.45, 2.75) is 38.5 Å². The van der Waals surface area contributed by atoms with Crippen molar-refractivity contribution >= 4 is 9.84 Å². The Bertz CT molecular complexity index is 465. The maximum absolute atomic E-state index is 11.9. The summed E-state index contributed by atoms with van der Waals surface area (Å²) in [7, 11) is -3.22. The number of aryl methyl sites for hydroxylation is 1. The lowest BCUT2D eigenvalue weighted by atomic mass is 10.0. The second-order valence-corrected chi connectivity index (χ2v) is 6.77. The summed E-state index contributed by atoms with van der Waals surface area (Å²) in [5, 5.41) is 9.48. The Morgan fingerprint density at radius 3 is 2.41 bits per heavy atom. The molecule has 96 valence electrons. The third-order valence-corrected chi connectivity index (χ3v) is 5.32. The molecule has 0 saturated carbocycles. The molecule has 1 rings (SSSR count). The zero-order valence-electron chi connectivity index (χ0n) is 10.6. The van der Waals surface area contributed by atoms with Crippen molar-refractivity contribution in [2.24, 2.45) is 0 Å². The number of benzene rings is 1. The molecule has 0 aliphatic heterocycles. The van der Waals surface area contributed by atoms with E-state index >= 15 is 0 Å². The number of rotatable bonds is 5. The Hall–Kier alpha value is -0.870. The Kier molecular flexibility index (Phi) is 4.71. The van der Waals surface area contributed by atoms with Crippen molar-refractivity contribution in [3.8, 4) is 0 Å². The summed E-state index contributed by atoms with van der Waals surface area (Å²) >= 11 is 0. The molecule has 0 aliphatic carbocycles. The topological polar surface area (TPSA) is 54.4 Å². The normalized spacial score (nSPS) is 15.5. The number of hydrogen-bond donors (Lipinski definition) is 1. The van der Waals surface area contributed by atoms with E-state index in [1.165, 1.54) is 0 Å². The van der Waals surface area contributed by atoms with E-state index in [0.717, 1.165) is 5.56 Å². The van der Waals surface area contributed by atoms with Crippen molar-refractivity contribution in [3.63, 3.8) is 0 Å². The van der Waals surface area contributed by atoms with Gasteiger partial charge >= 0.3 is 0 Å². The maximum Gasteiger partial charge on any atom is 0.155 e. The Labute approximate surface area is 103 Å². The van der Waals surface area contributed by atoms with Gasteiger partial charge in [-0.2, -0.15) is 0 Å². The fraction of sp³-hybridized carbons (Fsp3) is 0.538. The van der Waals surface area contributed by atoms with E-state index in [1.54, 1.807) is 19.9 Å². The summed E-state index contributed by atoms with van der Waals surface area (Å²) in [5.74, 6) is 0.0639. The molecule has 0 bridgehead atoms. The van der Waals surface area contributed by atoms with Crippen LogP contribution >= 0.6 is 0 Å². The van der Waals surface area contributed by atoms with Gasteiger partial charge in [0.05, 0.1) is 11.4 Å². The van der Waals surface area contributed by atoms with E-state index in [-0.39, 0.29) is 5.75 Å². The number of aliphatic hydroxyl groups is 1. The molecule has 3 nitrogen and oxygen atoms in total. The lowest BCUT2D eigenvalue weighted by Crippen LogP contribution is -2.29. The summed E-state index contributed by atoms with van der Waals surface area (Å²) in [4.78, 5) is 0. The largest absolute Gasteiger partial charge is 0.387 e. The van der Waals surface area contributed by atoms with Gasteiger partial charge in [-0.3, -0.25) is 0 Å². The van der Waals surface area contributed by atoms with Crippen LogP contribution in [-0.2, 0) is 9.84 Å². The molecule has 0 radical (unpaired) electrons. The molecule has 1 N–H and O–H groups in total. The predicted molar refractivity (Wildman–Crippen MR) is 69.7 cm³/mol. The van der Waals surface area contributed by atoms with Crippen molar-refractivity contribution in [2.75, 3.05) is 5.75 Å². The van der Waals surface area contributed by atoms with E-state index in [0.29, 0.717) is 12.0 Å². The molecule has 0 spiro atoms. The average Bonchev–Trinajstić information content (AvgIpc) is 2.29. The summed E-state index contributed by atoms with van der Waals surface area (Å²) in [6.45, 7) is 5.32. The van der Waals surface area contributed by atoms with E-state index in [4.69, 9.17) is 0 Å². The summed E-state index contributed by atoms with van der Waals surface area (Å²) < 4.78 is 23.7. The minimum absolute atomic E-state index is 0.0639. The predicted octanol–water partition coefficient (Wildman–Crippen LogP) is 2.24. The van der Waals surface area contributed by atoms with Crippen molar-refractivity contribution in [1.29, 1.82) is 0 Å². The standard InChI is InChI=1S/C13H20O3S/c1-4-12(17(15,16)5-2)13(14)11-8-6-7-10(3)9-11/h6-9,12-14H,4-5H2,1-3H3/t12-,13+/m1/s1. The lowest BCUT2D eigenvalue weighted by Gasteiger charge is -2.21. The smallest absolute Gasteiger partial charge is 0.155 e. The first-order chi connectivity index (χ1) is 7.92. The monoisotopic (exact) mass is 256 g/mol. The van der Waals surface area contributed by atoms with Gasteiger partial charge in [0, 0.05) is 5.75 Å². The first kappa shape index (κ1) is 14.2. The minimum atomic E-state index is -3.22. The molecule has 0 fully saturated rings. The summed E-state index contributed by atoms with van der Waals surface area (Å²) in [5.41, 5.74) is 1.69. The second-order valence-electron chi connectivity index (χ2n) is 4.26. The third kappa shape index (κ3) is 3.30. The van der Waals surface area contributed by atoms with Crippen LogP contribution in [0.15, 0.2) is 24.3 Å². The number of hydrogen-bond acceptors (Lipinski definition) is 3. The highest BCUT2D eigenvalue weighted by Crippen LogP contribution is 2.25.